The summed E-state index contributed by atoms with van der Waals surface area (Å²) < 4.78 is 26.9. The number of hydrogen-bond acceptors (Lipinski definition) is 3. The van der Waals surface area contributed by atoms with Crippen LogP contribution in [0.25, 0.3) is 0 Å². The normalized spacial score (nSPS) is 20.9. The van der Waals surface area contributed by atoms with E-state index in [0.29, 0.717) is 18.1 Å². The summed E-state index contributed by atoms with van der Waals surface area (Å²) >= 11 is 6.10. The summed E-state index contributed by atoms with van der Waals surface area (Å²) in [5.74, 6) is 0. The third-order valence-corrected chi connectivity index (χ3v) is 5.87. The number of hydrogen-bond donors (Lipinski definition) is 1. The first kappa shape index (κ1) is 14.8. The molecule has 0 aromatic heterocycles. The van der Waals surface area contributed by atoms with Crippen molar-refractivity contribution >= 4 is 21.6 Å². The van der Waals surface area contributed by atoms with Crippen molar-refractivity contribution in [2.24, 2.45) is 0 Å². The molecule has 1 N–H and O–H groups in total. The molecule has 1 aromatic rings. The standard InChI is InChI=1S/C13H19ClN2O2S/c1-10-5-6-13(12(14)8-10)19(17,18)16-7-3-4-11(16)9-15-2/h5-6,8,11,15H,3-4,7,9H2,1-2H3. The summed E-state index contributed by atoms with van der Waals surface area (Å²) in [5.41, 5.74) is 0.956. The Balaban J connectivity index is 2.36. The molecule has 2 rings (SSSR count). The fourth-order valence-electron chi connectivity index (χ4n) is 2.51. The van der Waals surface area contributed by atoms with Gasteiger partial charge in [0.1, 0.15) is 4.90 Å². The van der Waals surface area contributed by atoms with Crippen molar-refractivity contribution in [1.82, 2.24) is 9.62 Å². The highest BCUT2D eigenvalue weighted by Crippen LogP contribution is 2.30. The summed E-state index contributed by atoms with van der Waals surface area (Å²) in [7, 11) is -1.66. The molecule has 6 heteroatoms. The minimum atomic E-state index is -3.50. The van der Waals surface area contributed by atoms with E-state index in [2.05, 4.69) is 5.32 Å². The number of likely N-dealkylation sites (N-methyl/N-ethyl adjacent to an activating group) is 1. The Morgan fingerprint density at radius 2 is 2.21 bits per heavy atom. The lowest BCUT2D eigenvalue weighted by molar-refractivity contribution is 0.379. The molecule has 1 unspecified atom stereocenters. The molecule has 0 radical (unpaired) electrons. The van der Waals surface area contributed by atoms with Gasteiger partial charge in [0, 0.05) is 19.1 Å². The summed E-state index contributed by atoms with van der Waals surface area (Å²) in [5, 5.41) is 3.35. The molecule has 1 aliphatic heterocycles. The smallest absolute Gasteiger partial charge is 0.244 e. The van der Waals surface area contributed by atoms with Crippen LogP contribution in [0.5, 0.6) is 0 Å². The first-order valence-electron chi connectivity index (χ1n) is 6.39. The molecule has 0 bridgehead atoms. The van der Waals surface area contributed by atoms with E-state index in [1.54, 1.807) is 22.5 Å². The van der Waals surface area contributed by atoms with Crippen molar-refractivity contribution in [3.05, 3.63) is 28.8 Å². The zero-order valence-electron chi connectivity index (χ0n) is 11.2. The third-order valence-electron chi connectivity index (χ3n) is 3.44. The van der Waals surface area contributed by atoms with Gasteiger partial charge in [0.05, 0.1) is 5.02 Å². The molecule has 1 fully saturated rings. The second kappa shape index (κ2) is 5.79. The molecule has 0 aliphatic carbocycles. The highest BCUT2D eigenvalue weighted by atomic mass is 35.5. The van der Waals surface area contributed by atoms with Crippen LogP contribution in [0.3, 0.4) is 0 Å². The Kier molecular flexibility index (Phi) is 4.50. The number of aryl methyl sites for hydroxylation is 1. The van der Waals surface area contributed by atoms with Crippen molar-refractivity contribution in [3.8, 4) is 0 Å². The second-order valence-corrected chi connectivity index (χ2v) is 7.17. The maximum atomic E-state index is 12.7. The van der Waals surface area contributed by atoms with Gasteiger partial charge in [-0.25, -0.2) is 8.42 Å². The van der Waals surface area contributed by atoms with Gasteiger partial charge in [0.2, 0.25) is 10.0 Å². The van der Waals surface area contributed by atoms with E-state index in [4.69, 9.17) is 11.6 Å². The van der Waals surface area contributed by atoms with Gasteiger partial charge in [-0.05, 0) is 44.5 Å². The van der Waals surface area contributed by atoms with Crippen LogP contribution in [0.15, 0.2) is 23.1 Å². The lowest BCUT2D eigenvalue weighted by Gasteiger charge is -2.24. The zero-order valence-corrected chi connectivity index (χ0v) is 12.8. The predicted octanol–water partition coefficient (Wildman–Crippen LogP) is 2.02. The number of rotatable bonds is 4. The van der Waals surface area contributed by atoms with Crippen molar-refractivity contribution in [1.29, 1.82) is 0 Å². The highest BCUT2D eigenvalue weighted by molar-refractivity contribution is 7.89. The topological polar surface area (TPSA) is 49.4 Å². The van der Waals surface area contributed by atoms with Crippen LogP contribution < -0.4 is 5.32 Å². The fourth-order valence-corrected chi connectivity index (χ4v) is 4.77. The largest absolute Gasteiger partial charge is 0.318 e. The van der Waals surface area contributed by atoms with E-state index in [-0.39, 0.29) is 10.9 Å². The SMILES string of the molecule is CNCC1CCCN1S(=O)(=O)c1ccc(C)cc1Cl. The van der Waals surface area contributed by atoms with E-state index in [0.717, 1.165) is 18.4 Å². The minimum absolute atomic E-state index is 0.0207. The molecular weight excluding hydrogens is 284 g/mol. The fraction of sp³-hybridized carbons (Fsp3) is 0.538. The van der Waals surface area contributed by atoms with Gasteiger partial charge in [-0.15, -0.1) is 0 Å². The van der Waals surface area contributed by atoms with E-state index in [1.165, 1.54) is 0 Å². The van der Waals surface area contributed by atoms with Crippen molar-refractivity contribution in [2.45, 2.75) is 30.7 Å². The number of nitrogens with zero attached hydrogens (tertiary/aromatic N) is 1. The minimum Gasteiger partial charge on any atom is -0.318 e. The molecule has 1 saturated heterocycles. The van der Waals surface area contributed by atoms with Gasteiger partial charge in [-0.3, -0.25) is 0 Å². The van der Waals surface area contributed by atoms with E-state index >= 15 is 0 Å². The molecule has 106 valence electrons. The van der Waals surface area contributed by atoms with Gasteiger partial charge >= 0.3 is 0 Å². The van der Waals surface area contributed by atoms with Crippen LogP contribution >= 0.6 is 11.6 Å². The van der Waals surface area contributed by atoms with Crippen LogP contribution in [0.1, 0.15) is 18.4 Å². The predicted molar refractivity (Wildman–Crippen MR) is 77.0 cm³/mol. The Hall–Kier alpha value is -0.620. The first-order valence-corrected chi connectivity index (χ1v) is 8.21. The average molecular weight is 303 g/mol. The molecule has 4 nitrogen and oxygen atoms in total. The van der Waals surface area contributed by atoms with Gasteiger partial charge in [-0.2, -0.15) is 4.31 Å². The monoisotopic (exact) mass is 302 g/mol. The first-order chi connectivity index (χ1) is 8.96. The highest BCUT2D eigenvalue weighted by Gasteiger charge is 2.35. The summed E-state index contributed by atoms with van der Waals surface area (Å²) in [4.78, 5) is 0.211. The number of sulfonamides is 1. The molecule has 0 spiro atoms. The maximum Gasteiger partial charge on any atom is 0.244 e. The molecular formula is C13H19ClN2O2S. The molecule has 0 amide bonds. The Bertz CT molecular complexity index is 560. The van der Waals surface area contributed by atoms with Gasteiger partial charge in [0.15, 0.2) is 0 Å². The van der Waals surface area contributed by atoms with Gasteiger partial charge < -0.3 is 5.32 Å². The lowest BCUT2D eigenvalue weighted by Crippen LogP contribution is -2.40. The number of halogens is 1. The summed E-state index contributed by atoms with van der Waals surface area (Å²) in [6.45, 7) is 3.13. The number of nitrogens with one attached hydrogen (secondary N) is 1. The quantitative estimate of drug-likeness (QED) is 0.926. The Morgan fingerprint density at radius 3 is 2.84 bits per heavy atom. The maximum absolute atomic E-state index is 12.7. The van der Waals surface area contributed by atoms with E-state index in [9.17, 15) is 8.42 Å². The van der Waals surface area contributed by atoms with Crippen molar-refractivity contribution in [2.75, 3.05) is 20.1 Å². The third kappa shape index (κ3) is 2.94. The van der Waals surface area contributed by atoms with Crippen molar-refractivity contribution in [3.63, 3.8) is 0 Å². The van der Waals surface area contributed by atoms with Crippen LogP contribution in [0, 0.1) is 6.92 Å². The van der Waals surface area contributed by atoms with Gasteiger partial charge in [0.25, 0.3) is 0 Å². The van der Waals surface area contributed by atoms with E-state index in [1.807, 2.05) is 14.0 Å². The zero-order chi connectivity index (χ0) is 14.0. The second-order valence-electron chi connectivity index (χ2n) is 4.90. The molecule has 1 aliphatic rings. The summed E-state index contributed by atoms with van der Waals surface area (Å²) in [6.07, 6.45) is 1.79. The Morgan fingerprint density at radius 1 is 1.47 bits per heavy atom. The average Bonchev–Trinajstić information content (AvgIpc) is 2.78. The van der Waals surface area contributed by atoms with Gasteiger partial charge in [-0.1, -0.05) is 17.7 Å². The number of benzene rings is 1. The van der Waals surface area contributed by atoms with Crippen molar-refractivity contribution < 1.29 is 8.42 Å². The lowest BCUT2D eigenvalue weighted by atomic mass is 10.2. The molecule has 19 heavy (non-hydrogen) atoms. The molecule has 1 aromatic carbocycles. The van der Waals surface area contributed by atoms with Crippen LogP contribution in [0.2, 0.25) is 5.02 Å². The Labute approximate surface area is 119 Å². The van der Waals surface area contributed by atoms with E-state index < -0.39 is 10.0 Å². The van der Waals surface area contributed by atoms with Crippen LogP contribution in [-0.4, -0.2) is 38.9 Å². The van der Waals surface area contributed by atoms with Crippen LogP contribution in [-0.2, 0) is 10.0 Å². The molecule has 0 saturated carbocycles. The summed E-state index contributed by atoms with van der Waals surface area (Å²) in [6, 6.07) is 5.09. The van der Waals surface area contributed by atoms with Crippen LogP contribution in [0.4, 0.5) is 0 Å². The molecule has 1 atom stereocenters. The molecule has 1 heterocycles.